The fourth-order valence-corrected chi connectivity index (χ4v) is 8.14. The van der Waals surface area contributed by atoms with Crippen molar-refractivity contribution in [3.8, 4) is 0 Å². The number of carboxylic acids is 1. The van der Waals surface area contributed by atoms with E-state index in [1.807, 2.05) is 27.7 Å². The SMILES string of the molecule is CCC[C@H](NC(=O)[C@@H]1C2CCC[C@H]2CN1C(=O)[C@@H](NC(=O)[C@@H](NC(=O)c1cnc(C(=O)O)cn1)C1CCCCC1)C(C)(C)C)C(O)C(=O)NC1CC1. The highest BCUT2D eigenvalue weighted by atomic mass is 16.4. The molecule has 52 heavy (non-hydrogen) atoms. The van der Waals surface area contributed by atoms with Crippen molar-refractivity contribution in [2.75, 3.05) is 6.54 Å². The van der Waals surface area contributed by atoms with Crippen molar-refractivity contribution in [1.82, 2.24) is 36.1 Å². The second-order valence-corrected chi connectivity index (χ2v) is 16.2. The van der Waals surface area contributed by atoms with Gasteiger partial charge >= 0.3 is 5.97 Å². The summed E-state index contributed by atoms with van der Waals surface area (Å²) in [5.74, 6) is -4.03. The summed E-state index contributed by atoms with van der Waals surface area (Å²) in [5, 5.41) is 31.6. The maximum Gasteiger partial charge on any atom is 0.356 e. The molecule has 0 bridgehead atoms. The van der Waals surface area contributed by atoms with Crippen molar-refractivity contribution in [1.29, 1.82) is 0 Å². The van der Waals surface area contributed by atoms with E-state index in [-0.39, 0.29) is 35.2 Å². The van der Waals surface area contributed by atoms with Crippen LogP contribution in [0.25, 0.3) is 0 Å². The third-order valence-corrected chi connectivity index (χ3v) is 11.1. The van der Waals surface area contributed by atoms with Gasteiger partial charge in [0.2, 0.25) is 17.7 Å². The number of hydrogen-bond acceptors (Lipinski definition) is 9. The Morgan fingerprint density at radius 1 is 0.865 bits per heavy atom. The van der Waals surface area contributed by atoms with Gasteiger partial charge in [0.05, 0.1) is 18.4 Å². The lowest BCUT2D eigenvalue weighted by Crippen LogP contribution is -2.62. The molecule has 1 aromatic heterocycles. The highest BCUT2D eigenvalue weighted by molar-refractivity contribution is 5.98. The number of amides is 5. The molecule has 0 radical (unpaired) electrons. The van der Waals surface area contributed by atoms with Crippen molar-refractivity contribution in [3.05, 3.63) is 23.8 Å². The van der Waals surface area contributed by atoms with Gasteiger partial charge < -0.3 is 36.4 Å². The number of nitrogens with one attached hydrogen (secondary N) is 4. The maximum absolute atomic E-state index is 14.6. The van der Waals surface area contributed by atoms with Crippen LogP contribution < -0.4 is 21.3 Å². The summed E-state index contributed by atoms with van der Waals surface area (Å²) in [5.41, 5.74) is -1.25. The minimum Gasteiger partial charge on any atom is -0.476 e. The third kappa shape index (κ3) is 9.25. The smallest absolute Gasteiger partial charge is 0.356 e. The number of aromatic nitrogens is 2. The van der Waals surface area contributed by atoms with Crippen molar-refractivity contribution in [2.45, 2.75) is 141 Å². The summed E-state index contributed by atoms with van der Waals surface area (Å²) in [4.78, 5) is 89.6. The van der Waals surface area contributed by atoms with Gasteiger partial charge in [0.15, 0.2) is 11.8 Å². The van der Waals surface area contributed by atoms with Crippen molar-refractivity contribution < 1.29 is 39.0 Å². The highest BCUT2D eigenvalue weighted by Gasteiger charge is 2.52. The fourth-order valence-electron chi connectivity index (χ4n) is 8.14. The van der Waals surface area contributed by atoms with Gasteiger partial charge in [-0.3, -0.25) is 24.0 Å². The highest BCUT2D eigenvalue weighted by Crippen LogP contribution is 2.43. The zero-order valence-corrected chi connectivity index (χ0v) is 30.7. The van der Waals surface area contributed by atoms with Gasteiger partial charge in [-0.15, -0.1) is 0 Å². The van der Waals surface area contributed by atoms with Crippen LogP contribution in [-0.2, 0) is 19.2 Å². The van der Waals surface area contributed by atoms with Crippen LogP contribution in [0.5, 0.6) is 0 Å². The third-order valence-electron chi connectivity index (χ3n) is 11.1. The predicted molar refractivity (Wildman–Crippen MR) is 189 cm³/mol. The Hall–Kier alpha value is -4.14. The zero-order valence-electron chi connectivity index (χ0n) is 30.7. The number of nitrogens with zero attached hydrogens (tertiary/aromatic N) is 3. The van der Waals surface area contributed by atoms with E-state index in [0.717, 1.165) is 63.8 Å². The van der Waals surface area contributed by atoms with Crippen LogP contribution in [0.3, 0.4) is 0 Å². The standard InChI is InChI=1S/C37H55N7O8/c1-5-10-24(29(45)34(49)40-22-15-16-22)41-33(48)28-23-14-9-13-21(23)19-44(28)35(50)30(37(2,3)4)43-32(47)27(20-11-7-6-8-12-20)42-31(46)25-17-39-26(18-38-25)36(51)52/h17-18,20-24,27-30,45H,5-16,19H2,1-4H3,(H,40,49)(H,41,48)(H,42,46)(H,43,47)(H,51,52)/t21-,23?,24-,27-,28-,29?,30+/m0/s1. The second-order valence-electron chi connectivity index (χ2n) is 16.2. The summed E-state index contributed by atoms with van der Waals surface area (Å²) < 4.78 is 0. The van der Waals surface area contributed by atoms with E-state index in [1.165, 1.54) is 0 Å². The van der Waals surface area contributed by atoms with E-state index in [2.05, 4.69) is 31.2 Å². The van der Waals surface area contributed by atoms with E-state index in [9.17, 15) is 33.9 Å². The molecule has 1 aliphatic heterocycles. The van der Waals surface area contributed by atoms with E-state index in [1.54, 1.807) is 4.90 Å². The molecule has 2 unspecified atom stereocenters. The molecule has 5 amide bonds. The number of aliphatic hydroxyl groups is 1. The Morgan fingerprint density at radius 2 is 1.54 bits per heavy atom. The first-order chi connectivity index (χ1) is 24.7. The number of carbonyl (C=O) groups is 6. The average molecular weight is 726 g/mol. The first kappa shape index (κ1) is 39.1. The molecule has 15 nitrogen and oxygen atoms in total. The van der Waals surface area contributed by atoms with Gasteiger partial charge in [0.1, 0.15) is 23.8 Å². The molecule has 1 saturated heterocycles. The summed E-state index contributed by atoms with van der Waals surface area (Å²) in [6.45, 7) is 7.76. The summed E-state index contributed by atoms with van der Waals surface area (Å²) in [6, 6.07) is -3.65. The Balaban J connectivity index is 1.35. The molecular weight excluding hydrogens is 670 g/mol. The Bertz CT molecular complexity index is 1490. The van der Waals surface area contributed by atoms with Crippen molar-refractivity contribution in [2.24, 2.45) is 23.2 Å². The molecule has 7 atom stereocenters. The molecule has 3 aliphatic carbocycles. The fraction of sp³-hybridized carbons (Fsp3) is 0.730. The summed E-state index contributed by atoms with van der Waals surface area (Å²) >= 11 is 0. The summed E-state index contributed by atoms with van der Waals surface area (Å²) in [7, 11) is 0. The van der Waals surface area contributed by atoms with Crippen LogP contribution in [0.1, 0.15) is 126 Å². The van der Waals surface area contributed by atoms with Crippen molar-refractivity contribution in [3.63, 3.8) is 0 Å². The predicted octanol–water partition coefficient (Wildman–Crippen LogP) is 1.94. The lowest BCUT2D eigenvalue weighted by molar-refractivity contribution is -0.146. The van der Waals surface area contributed by atoms with Crippen molar-refractivity contribution >= 4 is 35.5 Å². The number of carboxylic acid groups (broad SMARTS) is 1. The van der Waals surface area contributed by atoms with E-state index >= 15 is 0 Å². The number of likely N-dealkylation sites (tertiary alicyclic amines) is 1. The number of carbonyl (C=O) groups excluding carboxylic acids is 5. The number of aromatic carboxylic acids is 1. The molecule has 0 aromatic carbocycles. The van der Waals surface area contributed by atoms with E-state index in [4.69, 9.17) is 5.11 Å². The maximum atomic E-state index is 14.6. The van der Waals surface area contributed by atoms with E-state index in [0.29, 0.717) is 32.2 Å². The number of hydrogen-bond donors (Lipinski definition) is 6. The normalized spacial score (nSPS) is 24.2. The van der Waals surface area contributed by atoms with Crippen LogP contribution >= 0.6 is 0 Å². The lowest BCUT2D eigenvalue weighted by Gasteiger charge is -2.38. The van der Waals surface area contributed by atoms with Crippen LogP contribution in [0.2, 0.25) is 0 Å². The summed E-state index contributed by atoms with van der Waals surface area (Å²) in [6.07, 6.45) is 10.0. The first-order valence-corrected chi connectivity index (χ1v) is 19.0. The zero-order chi connectivity index (χ0) is 37.7. The molecule has 1 aromatic rings. The average Bonchev–Trinajstić information content (AvgIpc) is 3.68. The van der Waals surface area contributed by atoms with Gasteiger partial charge in [0.25, 0.3) is 11.8 Å². The molecule has 286 valence electrons. The van der Waals surface area contributed by atoms with E-state index < -0.39 is 71.2 Å². The lowest BCUT2D eigenvalue weighted by atomic mass is 9.82. The molecule has 3 saturated carbocycles. The minimum atomic E-state index is -1.43. The van der Waals surface area contributed by atoms with Gasteiger partial charge in [-0.2, -0.15) is 0 Å². The van der Waals surface area contributed by atoms with Crippen LogP contribution in [0, 0.1) is 23.2 Å². The number of fused-ring (bicyclic) bond motifs is 1. The van der Waals surface area contributed by atoms with Gasteiger partial charge in [-0.1, -0.05) is 59.8 Å². The first-order valence-electron chi connectivity index (χ1n) is 19.0. The molecule has 2 heterocycles. The minimum absolute atomic E-state index is 0.0527. The molecule has 6 N–H and O–H groups in total. The Kier molecular flexibility index (Phi) is 12.5. The van der Waals surface area contributed by atoms with Crippen LogP contribution in [0.15, 0.2) is 12.4 Å². The molecular formula is C37H55N7O8. The quantitative estimate of drug-likeness (QED) is 0.164. The van der Waals surface area contributed by atoms with Gasteiger partial charge in [-0.25, -0.2) is 14.8 Å². The van der Waals surface area contributed by atoms with Crippen LogP contribution in [-0.4, -0.2) is 103 Å². The topological polar surface area (TPSA) is 220 Å². The Morgan fingerprint density at radius 3 is 2.13 bits per heavy atom. The van der Waals surface area contributed by atoms with Crippen LogP contribution in [0.4, 0.5) is 0 Å². The molecule has 5 rings (SSSR count). The Labute approximate surface area is 304 Å². The van der Waals surface area contributed by atoms with Gasteiger partial charge in [-0.05, 0) is 68.1 Å². The number of rotatable bonds is 14. The number of aliphatic hydroxyl groups excluding tert-OH is 1. The van der Waals surface area contributed by atoms with Gasteiger partial charge in [0, 0.05) is 12.6 Å². The largest absolute Gasteiger partial charge is 0.476 e. The molecule has 4 fully saturated rings. The molecule has 0 spiro atoms. The monoisotopic (exact) mass is 725 g/mol. The molecule has 15 heteroatoms. The molecule has 4 aliphatic rings. The second kappa shape index (κ2) is 16.7.